The Hall–Kier alpha value is -1.38. The zero-order valence-corrected chi connectivity index (χ0v) is 12.4. The number of piperidine rings is 2. The largest absolute Gasteiger partial charge is 0.393 e. The molecule has 0 aromatic heterocycles. The highest BCUT2D eigenvalue weighted by molar-refractivity contribution is 5.85. The van der Waals surface area contributed by atoms with Gasteiger partial charge >= 0.3 is 0 Å². The fourth-order valence-electron chi connectivity index (χ4n) is 4.33. The quantitative estimate of drug-likeness (QED) is 0.907. The van der Waals surface area contributed by atoms with Crippen LogP contribution in [-0.4, -0.2) is 28.2 Å². The summed E-state index contributed by atoms with van der Waals surface area (Å²) in [5, 5.41) is 12.8. The first-order valence-corrected chi connectivity index (χ1v) is 8.22. The third-order valence-corrected chi connectivity index (χ3v) is 5.33. The molecule has 2 fully saturated rings. The first-order chi connectivity index (χ1) is 10.3. The van der Waals surface area contributed by atoms with Crippen LogP contribution in [-0.2, 0) is 6.54 Å². The van der Waals surface area contributed by atoms with Crippen molar-refractivity contribution in [3.8, 4) is 0 Å². The first kappa shape index (κ1) is 13.3. The maximum Gasteiger partial charge on any atom is 0.0570 e. The van der Waals surface area contributed by atoms with Crippen LogP contribution in [0.1, 0.15) is 37.7 Å². The molecule has 2 nitrogen and oxygen atoms in total. The topological polar surface area (TPSA) is 23.5 Å². The van der Waals surface area contributed by atoms with Crippen molar-refractivity contribution >= 4 is 10.8 Å². The molecule has 0 amide bonds. The third kappa shape index (κ3) is 2.47. The molecule has 2 aliphatic rings. The minimum absolute atomic E-state index is 0.0796. The minimum Gasteiger partial charge on any atom is -0.393 e. The van der Waals surface area contributed by atoms with Crippen LogP contribution in [0.25, 0.3) is 10.8 Å². The highest BCUT2D eigenvalue weighted by atomic mass is 16.3. The second kappa shape index (κ2) is 5.43. The average molecular weight is 281 g/mol. The fraction of sp³-hybridized carbons (Fsp3) is 0.474. The number of nitrogens with zero attached hydrogens (tertiary/aromatic N) is 1. The lowest BCUT2D eigenvalue weighted by Crippen LogP contribution is -2.52. The Morgan fingerprint density at radius 3 is 2.48 bits per heavy atom. The lowest BCUT2D eigenvalue weighted by atomic mass is 9.82. The van der Waals surface area contributed by atoms with Gasteiger partial charge in [-0.15, -0.1) is 0 Å². The summed E-state index contributed by atoms with van der Waals surface area (Å²) in [6.45, 7) is 1.03. The molecular formula is C19H23NO. The van der Waals surface area contributed by atoms with Gasteiger partial charge < -0.3 is 5.11 Å². The van der Waals surface area contributed by atoms with Crippen molar-refractivity contribution < 1.29 is 5.11 Å². The fourth-order valence-corrected chi connectivity index (χ4v) is 4.33. The van der Waals surface area contributed by atoms with Crippen LogP contribution in [0.3, 0.4) is 0 Å². The van der Waals surface area contributed by atoms with Gasteiger partial charge in [0.1, 0.15) is 0 Å². The van der Waals surface area contributed by atoms with E-state index in [-0.39, 0.29) is 6.10 Å². The van der Waals surface area contributed by atoms with Crippen molar-refractivity contribution in [2.75, 3.05) is 0 Å². The van der Waals surface area contributed by atoms with Crippen LogP contribution in [0.4, 0.5) is 0 Å². The molecule has 2 aromatic rings. The maximum absolute atomic E-state index is 10.0. The predicted molar refractivity (Wildman–Crippen MR) is 86.2 cm³/mol. The van der Waals surface area contributed by atoms with Gasteiger partial charge in [-0.2, -0.15) is 0 Å². The van der Waals surface area contributed by atoms with Crippen LogP contribution in [0.2, 0.25) is 0 Å². The molecule has 21 heavy (non-hydrogen) atoms. The van der Waals surface area contributed by atoms with Gasteiger partial charge in [0.15, 0.2) is 0 Å². The van der Waals surface area contributed by atoms with Gasteiger partial charge in [0.05, 0.1) is 6.10 Å². The van der Waals surface area contributed by atoms with Gasteiger partial charge in [0, 0.05) is 18.6 Å². The zero-order chi connectivity index (χ0) is 14.2. The molecule has 1 unspecified atom stereocenters. The summed E-state index contributed by atoms with van der Waals surface area (Å²) in [5.74, 6) is 0. The second-order valence-electron chi connectivity index (χ2n) is 6.67. The molecule has 0 spiro atoms. The van der Waals surface area contributed by atoms with Crippen LogP contribution in [0, 0.1) is 0 Å². The Morgan fingerprint density at radius 2 is 1.67 bits per heavy atom. The molecule has 2 heteroatoms. The zero-order valence-electron chi connectivity index (χ0n) is 12.4. The SMILES string of the molecule is OC1C[C@H]2CCC[C@@H](C1)N2Cc1cccc2ccccc12. The number of aliphatic hydroxyl groups is 1. The summed E-state index contributed by atoms with van der Waals surface area (Å²) in [7, 11) is 0. The lowest BCUT2D eigenvalue weighted by molar-refractivity contribution is -0.0310. The van der Waals surface area contributed by atoms with Gasteiger partial charge in [-0.05, 0) is 42.0 Å². The Balaban J connectivity index is 1.65. The Bertz CT molecular complexity index is 619. The van der Waals surface area contributed by atoms with Crippen LogP contribution in [0.5, 0.6) is 0 Å². The highest BCUT2D eigenvalue weighted by Gasteiger charge is 2.37. The molecule has 1 N–H and O–H groups in total. The van der Waals surface area contributed by atoms with E-state index in [2.05, 4.69) is 47.4 Å². The van der Waals surface area contributed by atoms with Crippen molar-refractivity contribution in [3.05, 3.63) is 48.0 Å². The van der Waals surface area contributed by atoms with E-state index in [4.69, 9.17) is 0 Å². The number of fused-ring (bicyclic) bond motifs is 3. The van der Waals surface area contributed by atoms with Crippen molar-refractivity contribution in [3.63, 3.8) is 0 Å². The summed E-state index contributed by atoms with van der Waals surface area (Å²) in [5.41, 5.74) is 1.43. The molecule has 2 aromatic carbocycles. The normalized spacial score (nSPS) is 29.7. The summed E-state index contributed by atoms with van der Waals surface area (Å²) in [6, 6.07) is 16.5. The predicted octanol–water partition coefficient (Wildman–Crippen LogP) is 3.72. The molecule has 0 saturated carbocycles. The third-order valence-electron chi connectivity index (χ3n) is 5.33. The molecule has 110 valence electrons. The Morgan fingerprint density at radius 1 is 0.952 bits per heavy atom. The van der Waals surface area contributed by atoms with Crippen LogP contribution in [0.15, 0.2) is 42.5 Å². The van der Waals surface area contributed by atoms with Crippen molar-refractivity contribution in [2.24, 2.45) is 0 Å². The van der Waals surface area contributed by atoms with Crippen molar-refractivity contribution in [1.82, 2.24) is 4.90 Å². The van der Waals surface area contributed by atoms with E-state index < -0.39 is 0 Å². The van der Waals surface area contributed by atoms with E-state index in [0.29, 0.717) is 12.1 Å². The van der Waals surface area contributed by atoms with E-state index in [1.54, 1.807) is 0 Å². The Labute approximate surface area is 126 Å². The second-order valence-corrected chi connectivity index (χ2v) is 6.67. The van der Waals surface area contributed by atoms with E-state index in [9.17, 15) is 5.11 Å². The molecule has 4 rings (SSSR count). The number of hydrogen-bond donors (Lipinski definition) is 1. The Kier molecular flexibility index (Phi) is 3.44. The van der Waals surface area contributed by atoms with E-state index in [1.165, 1.54) is 35.6 Å². The van der Waals surface area contributed by atoms with Gasteiger partial charge in [-0.25, -0.2) is 0 Å². The molecule has 0 radical (unpaired) electrons. The van der Waals surface area contributed by atoms with E-state index in [0.717, 1.165) is 19.4 Å². The monoisotopic (exact) mass is 281 g/mol. The number of hydrogen-bond acceptors (Lipinski definition) is 2. The average Bonchev–Trinajstić information content (AvgIpc) is 2.48. The number of rotatable bonds is 2. The highest BCUT2D eigenvalue weighted by Crippen LogP contribution is 2.36. The van der Waals surface area contributed by atoms with E-state index >= 15 is 0 Å². The van der Waals surface area contributed by atoms with Crippen LogP contribution < -0.4 is 0 Å². The van der Waals surface area contributed by atoms with E-state index in [1.807, 2.05) is 0 Å². The first-order valence-electron chi connectivity index (χ1n) is 8.22. The number of aliphatic hydroxyl groups excluding tert-OH is 1. The van der Waals surface area contributed by atoms with Crippen molar-refractivity contribution in [2.45, 2.75) is 56.8 Å². The van der Waals surface area contributed by atoms with Gasteiger partial charge in [-0.3, -0.25) is 4.90 Å². The van der Waals surface area contributed by atoms with Gasteiger partial charge in [0.2, 0.25) is 0 Å². The van der Waals surface area contributed by atoms with Gasteiger partial charge in [-0.1, -0.05) is 48.9 Å². The van der Waals surface area contributed by atoms with Gasteiger partial charge in [0.25, 0.3) is 0 Å². The molecule has 2 heterocycles. The molecular weight excluding hydrogens is 258 g/mol. The molecule has 2 aliphatic heterocycles. The smallest absolute Gasteiger partial charge is 0.0570 e. The number of benzene rings is 2. The molecule has 2 saturated heterocycles. The standard InChI is InChI=1S/C19H23NO/c21-18-11-16-8-4-9-17(12-18)20(16)13-15-7-3-6-14-5-1-2-10-19(14)15/h1-3,5-7,10,16-18,21H,4,8-9,11-13H2/t16-,17+,18?. The summed E-state index contributed by atoms with van der Waals surface area (Å²) < 4.78 is 0. The lowest BCUT2D eigenvalue weighted by Gasteiger charge is -2.48. The van der Waals surface area contributed by atoms with Crippen molar-refractivity contribution in [1.29, 1.82) is 0 Å². The summed E-state index contributed by atoms with van der Waals surface area (Å²) in [4.78, 5) is 2.66. The van der Waals surface area contributed by atoms with Crippen LogP contribution >= 0.6 is 0 Å². The minimum atomic E-state index is -0.0796. The molecule has 3 atom stereocenters. The maximum atomic E-state index is 10.0. The summed E-state index contributed by atoms with van der Waals surface area (Å²) >= 11 is 0. The molecule has 2 bridgehead atoms. The summed E-state index contributed by atoms with van der Waals surface area (Å²) in [6.07, 6.45) is 5.66. The molecule has 0 aliphatic carbocycles.